The zero-order chi connectivity index (χ0) is 28.4. The van der Waals surface area contributed by atoms with E-state index >= 15 is 0 Å². The molecule has 1 heterocycles. The van der Waals surface area contributed by atoms with Crippen molar-refractivity contribution in [3.63, 3.8) is 0 Å². The molecule has 1 saturated carbocycles. The molecule has 8 heteroatoms. The number of carbonyl (C=O) groups excluding carboxylic acids is 1. The molecule has 1 aromatic heterocycles. The first-order valence-corrected chi connectivity index (χ1v) is 14.6. The molecule has 1 fully saturated rings. The minimum Gasteiger partial charge on any atom is -0.496 e. The minimum absolute atomic E-state index is 0.0400. The van der Waals surface area contributed by atoms with E-state index in [0.29, 0.717) is 29.7 Å². The quantitative estimate of drug-likeness (QED) is 0.306. The van der Waals surface area contributed by atoms with Gasteiger partial charge in [-0.3, -0.25) is 9.48 Å². The van der Waals surface area contributed by atoms with Crippen molar-refractivity contribution in [2.75, 3.05) is 48.1 Å². The summed E-state index contributed by atoms with van der Waals surface area (Å²) in [5.41, 5.74) is 2.02. The maximum absolute atomic E-state index is 13.7. The first-order chi connectivity index (χ1) is 18.8. The summed E-state index contributed by atoms with van der Waals surface area (Å²) in [6.07, 6.45) is 8.73. The number of aromatic nitrogens is 2. The van der Waals surface area contributed by atoms with Crippen LogP contribution < -0.4 is 14.8 Å². The molecule has 0 radical (unpaired) electrons. The van der Waals surface area contributed by atoms with Gasteiger partial charge in [0.1, 0.15) is 11.5 Å². The Morgan fingerprint density at radius 3 is 2.36 bits per heavy atom. The van der Waals surface area contributed by atoms with Gasteiger partial charge in [-0.1, -0.05) is 52.0 Å². The van der Waals surface area contributed by atoms with Crippen LogP contribution >= 0.6 is 0 Å². The van der Waals surface area contributed by atoms with Gasteiger partial charge in [-0.05, 0) is 56.8 Å². The van der Waals surface area contributed by atoms with Crippen LogP contribution in [0.4, 0.5) is 0 Å². The molecular formula is C31H50N4O4. The lowest BCUT2D eigenvalue weighted by molar-refractivity contribution is 0.0909. The maximum atomic E-state index is 13.7. The number of ether oxygens (including phenoxy) is 3. The Bertz CT molecular complexity index is 1010. The van der Waals surface area contributed by atoms with Crippen molar-refractivity contribution in [3.8, 4) is 22.8 Å². The summed E-state index contributed by atoms with van der Waals surface area (Å²) in [7, 11) is 7.10. The summed E-state index contributed by atoms with van der Waals surface area (Å²) in [5.74, 6) is 2.30. The summed E-state index contributed by atoms with van der Waals surface area (Å²) in [4.78, 5) is 15.9. The maximum Gasteiger partial charge on any atom is 0.272 e. The fourth-order valence-corrected chi connectivity index (χ4v) is 5.48. The molecule has 2 atom stereocenters. The number of nitrogens with zero attached hydrogens (tertiary/aromatic N) is 3. The van der Waals surface area contributed by atoms with Crippen molar-refractivity contribution in [3.05, 3.63) is 30.0 Å². The van der Waals surface area contributed by atoms with E-state index in [1.165, 1.54) is 32.1 Å². The van der Waals surface area contributed by atoms with Crippen molar-refractivity contribution < 1.29 is 19.0 Å². The van der Waals surface area contributed by atoms with Crippen LogP contribution in [-0.4, -0.2) is 74.7 Å². The third-order valence-corrected chi connectivity index (χ3v) is 8.20. The fraction of sp³-hybridized carbons (Fsp3) is 0.677. The van der Waals surface area contributed by atoms with Gasteiger partial charge in [0, 0.05) is 26.2 Å². The Morgan fingerprint density at radius 2 is 1.77 bits per heavy atom. The van der Waals surface area contributed by atoms with Gasteiger partial charge in [0.05, 0.1) is 38.1 Å². The first kappa shape index (κ1) is 31.0. The van der Waals surface area contributed by atoms with Gasteiger partial charge in [0.15, 0.2) is 5.69 Å². The van der Waals surface area contributed by atoms with E-state index in [9.17, 15) is 4.79 Å². The largest absolute Gasteiger partial charge is 0.496 e. The highest BCUT2D eigenvalue weighted by Crippen LogP contribution is 2.40. The number of rotatable bonds is 15. The van der Waals surface area contributed by atoms with Crippen LogP contribution in [0.2, 0.25) is 0 Å². The van der Waals surface area contributed by atoms with Gasteiger partial charge < -0.3 is 24.4 Å². The molecular weight excluding hydrogens is 492 g/mol. The molecule has 1 aliphatic rings. The van der Waals surface area contributed by atoms with E-state index in [-0.39, 0.29) is 18.0 Å². The molecule has 0 aliphatic heterocycles. The van der Waals surface area contributed by atoms with Gasteiger partial charge >= 0.3 is 0 Å². The van der Waals surface area contributed by atoms with Crippen molar-refractivity contribution in [2.45, 2.75) is 77.8 Å². The average Bonchev–Trinajstić information content (AvgIpc) is 3.39. The predicted octanol–water partition coefficient (Wildman–Crippen LogP) is 5.82. The van der Waals surface area contributed by atoms with Gasteiger partial charge in [0.25, 0.3) is 5.91 Å². The number of hydrogen-bond acceptors (Lipinski definition) is 6. The number of benzene rings is 1. The van der Waals surface area contributed by atoms with E-state index in [1.807, 2.05) is 28.9 Å². The Kier molecular flexibility index (Phi) is 12.1. The van der Waals surface area contributed by atoms with Crippen LogP contribution in [0.25, 0.3) is 11.3 Å². The lowest BCUT2D eigenvalue weighted by atomic mass is 9.85. The summed E-state index contributed by atoms with van der Waals surface area (Å²) in [6, 6.07) is 7.70. The molecule has 0 saturated heterocycles. The highest BCUT2D eigenvalue weighted by molar-refractivity contribution is 5.94. The highest BCUT2D eigenvalue weighted by Gasteiger charge is 2.26. The molecule has 3 rings (SSSR count). The molecule has 218 valence electrons. The second-order valence-electron chi connectivity index (χ2n) is 11.4. The monoisotopic (exact) mass is 542 g/mol. The second-order valence-corrected chi connectivity index (χ2v) is 11.4. The zero-order valence-electron chi connectivity index (χ0n) is 25.2. The molecule has 0 spiro atoms. The molecule has 1 aliphatic carbocycles. The third-order valence-electron chi connectivity index (χ3n) is 8.20. The zero-order valence-corrected chi connectivity index (χ0v) is 25.2. The number of nitrogens with one attached hydrogen (secondary N) is 1. The lowest BCUT2D eigenvalue weighted by Crippen LogP contribution is -2.43. The van der Waals surface area contributed by atoms with E-state index in [0.717, 1.165) is 43.1 Å². The SMILES string of the molecule is COCCN(C)C[C@H](CCC1CCCCC1)NC(=O)c1cc(-c2c(OC)cccc2OC)n(C(C)C(C)C)n1. The number of methoxy groups -OCH3 is 3. The average molecular weight is 543 g/mol. The van der Waals surface area contributed by atoms with Crippen molar-refractivity contribution in [1.82, 2.24) is 20.0 Å². The van der Waals surface area contributed by atoms with E-state index in [2.05, 4.69) is 38.0 Å². The second kappa shape index (κ2) is 15.3. The van der Waals surface area contributed by atoms with Crippen LogP contribution in [-0.2, 0) is 4.74 Å². The lowest BCUT2D eigenvalue weighted by Gasteiger charge is -2.27. The fourth-order valence-electron chi connectivity index (χ4n) is 5.48. The van der Waals surface area contributed by atoms with Gasteiger partial charge in [-0.25, -0.2) is 0 Å². The van der Waals surface area contributed by atoms with Crippen LogP contribution in [0.15, 0.2) is 24.3 Å². The van der Waals surface area contributed by atoms with E-state index in [1.54, 1.807) is 21.3 Å². The highest BCUT2D eigenvalue weighted by atomic mass is 16.5. The van der Waals surface area contributed by atoms with Crippen LogP contribution in [0.5, 0.6) is 11.5 Å². The minimum atomic E-state index is -0.145. The van der Waals surface area contributed by atoms with E-state index in [4.69, 9.17) is 19.3 Å². The number of carbonyl (C=O) groups is 1. The van der Waals surface area contributed by atoms with Crippen LogP contribution in [0, 0.1) is 11.8 Å². The standard InChI is InChI=1S/C31H50N4O4/c1-22(2)23(3)35-27(30-28(38-6)14-11-15-29(30)39-7)20-26(33-35)31(36)32-25(21-34(4)18-19-37-5)17-16-24-12-9-8-10-13-24/h11,14-15,20,22-25H,8-10,12-13,16-19,21H2,1-7H3,(H,32,36)/t23?,25-/m0/s1. The van der Waals surface area contributed by atoms with Gasteiger partial charge in [-0.2, -0.15) is 5.10 Å². The summed E-state index contributed by atoms with van der Waals surface area (Å²) in [5, 5.41) is 8.19. The summed E-state index contributed by atoms with van der Waals surface area (Å²) < 4.78 is 18.6. The molecule has 0 bridgehead atoms. The van der Waals surface area contributed by atoms with Crippen molar-refractivity contribution in [1.29, 1.82) is 0 Å². The van der Waals surface area contributed by atoms with Gasteiger partial charge in [-0.15, -0.1) is 0 Å². The van der Waals surface area contributed by atoms with Crippen LogP contribution in [0.1, 0.15) is 82.2 Å². The van der Waals surface area contributed by atoms with E-state index < -0.39 is 0 Å². The van der Waals surface area contributed by atoms with Crippen molar-refractivity contribution >= 4 is 5.91 Å². The van der Waals surface area contributed by atoms with Crippen LogP contribution in [0.3, 0.4) is 0 Å². The summed E-state index contributed by atoms with van der Waals surface area (Å²) in [6.45, 7) is 8.71. The number of amides is 1. The third kappa shape index (κ3) is 8.45. The molecule has 39 heavy (non-hydrogen) atoms. The summed E-state index contributed by atoms with van der Waals surface area (Å²) >= 11 is 0. The van der Waals surface area contributed by atoms with Crippen molar-refractivity contribution in [2.24, 2.45) is 11.8 Å². The Hall–Kier alpha value is -2.58. The number of hydrogen-bond donors (Lipinski definition) is 1. The molecule has 1 N–H and O–H groups in total. The smallest absolute Gasteiger partial charge is 0.272 e. The normalized spacial score (nSPS) is 15.9. The Balaban J connectivity index is 1.89. The first-order valence-electron chi connectivity index (χ1n) is 14.6. The number of likely N-dealkylation sites (N-methyl/N-ethyl adjacent to an activating group) is 1. The molecule has 1 amide bonds. The molecule has 1 aromatic carbocycles. The predicted molar refractivity (Wildman–Crippen MR) is 157 cm³/mol. The molecule has 2 aromatic rings. The Morgan fingerprint density at radius 1 is 1.10 bits per heavy atom. The topological polar surface area (TPSA) is 77.9 Å². The van der Waals surface area contributed by atoms with Gasteiger partial charge in [0.2, 0.25) is 0 Å². The Labute approximate surface area is 235 Å². The molecule has 8 nitrogen and oxygen atoms in total. The molecule has 1 unspecified atom stereocenters.